The Bertz CT molecular complexity index is 891. The molecule has 0 spiro atoms. The molecule has 1 amide bonds. The molecule has 0 unspecified atom stereocenters. The number of nitrogens with zero attached hydrogens (tertiary/aromatic N) is 1. The third-order valence-electron chi connectivity index (χ3n) is 4.28. The van der Waals surface area contributed by atoms with E-state index >= 15 is 0 Å². The summed E-state index contributed by atoms with van der Waals surface area (Å²) >= 11 is 0. The lowest BCUT2D eigenvalue weighted by Crippen LogP contribution is -2.25. The summed E-state index contributed by atoms with van der Waals surface area (Å²) in [6.45, 7) is 0.605. The Balaban J connectivity index is 1.59. The van der Waals surface area contributed by atoms with Crippen LogP contribution in [-0.2, 0) is 6.42 Å². The van der Waals surface area contributed by atoms with Crippen LogP contribution in [-0.4, -0.2) is 36.9 Å². The van der Waals surface area contributed by atoms with Crippen molar-refractivity contribution in [3.05, 3.63) is 65.9 Å². The summed E-state index contributed by atoms with van der Waals surface area (Å²) in [5.41, 5.74) is 3.12. The zero-order valence-electron chi connectivity index (χ0n) is 15.5. The van der Waals surface area contributed by atoms with Gasteiger partial charge in [0.05, 0.1) is 19.9 Å². The Morgan fingerprint density at radius 1 is 1.07 bits per heavy atom. The number of nitrogens with one attached hydrogen (secondary N) is 2. The van der Waals surface area contributed by atoms with Crippen molar-refractivity contribution in [1.82, 2.24) is 15.5 Å². The summed E-state index contributed by atoms with van der Waals surface area (Å²) in [6.07, 6.45) is 1.81. The highest BCUT2D eigenvalue weighted by molar-refractivity contribution is 5.93. The van der Waals surface area contributed by atoms with Gasteiger partial charge in [0.25, 0.3) is 5.91 Å². The van der Waals surface area contributed by atoms with Gasteiger partial charge in [-0.15, -0.1) is 0 Å². The van der Waals surface area contributed by atoms with Crippen LogP contribution >= 0.6 is 0 Å². The van der Waals surface area contributed by atoms with Gasteiger partial charge < -0.3 is 14.8 Å². The number of aromatic nitrogens is 2. The first-order valence-electron chi connectivity index (χ1n) is 8.81. The highest BCUT2D eigenvalue weighted by Gasteiger charge is 2.14. The van der Waals surface area contributed by atoms with Gasteiger partial charge in [-0.1, -0.05) is 30.3 Å². The average molecular weight is 365 g/mol. The molecule has 2 N–H and O–H groups in total. The average Bonchev–Trinajstić information content (AvgIpc) is 3.21. The van der Waals surface area contributed by atoms with Crippen LogP contribution in [0.3, 0.4) is 0 Å². The largest absolute Gasteiger partial charge is 0.497 e. The smallest absolute Gasteiger partial charge is 0.269 e. The maximum absolute atomic E-state index is 12.3. The van der Waals surface area contributed by atoms with Gasteiger partial charge in [0.15, 0.2) is 0 Å². The van der Waals surface area contributed by atoms with E-state index in [1.54, 1.807) is 26.4 Å². The van der Waals surface area contributed by atoms with E-state index in [2.05, 4.69) is 27.6 Å². The SMILES string of the molecule is COc1ccc(-c2cc(C(=O)NCCCc3ccccc3)[nH]n2)c(OC)c1. The Kier molecular flexibility index (Phi) is 6.10. The van der Waals surface area contributed by atoms with E-state index in [1.165, 1.54) is 5.56 Å². The molecule has 0 fully saturated rings. The molecule has 140 valence electrons. The summed E-state index contributed by atoms with van der Waals surface area (Å²) < 4.78 is 10.6. The van der Waals surface area contributed by atoms with Crippen molar-refractivity contribution in [2.24, 2.45) is 0 Å². The van der Waals surface area contributed by atoms with E-state index < -0.39 is 0 Å². The lowest BCUT2D eigenvalue weighted by Gasteiger charge is -2.08. The monoisotopic (exact) mass is 365 g/mol. The summed E-state index contributed by atoms with van der Waals surface area (Å²) in [7, 11) is 3.19. The number of benzene rings is 2. The van der Waals surface area contributed by atoms with Crippen molar-refractivity contribution in [3.8, 4) is 22.8 Å². The molecule has 0 atom stereocenters. The predicted molar refractivity (Wildman–Crippen MR) is 104 cm³/mol. The first-order valence-corrected chi connectivity index (χ1v) is 8.81. The molecule has 0 aliphatic heterocycles. The number of carbonyl (C=O) groups excluding carboxylic acids is 1. The molecule has 0 radical (unpaired) electrons. The van der Waals surface area contributed by atoms with Gasteiger partial charge in [0.1, 0.15) is 17.2 Å². The molecule has 6 nitrogen and oxygen atoms in total. The number of carbonyl (C=O) groups is 1. The number of hydrogen-bond acceptors (Lipinski definition) is 4. The topological polar surface area (TPSA) is 76.2 Å². The zero-order chi connectivity index (χ0) is 19.1. The van der Waals surface area contributed by atoms with Crippen LogP contribution in [0.15, 0.2) is 54.6 Å². The van der Waals surface area contributed by atoms with Crippen LogP contribution in [0.1, 0.15) is 22.5 Å². The molecule has 0 bridgehead atoms. The Morgan fingerprint density at radius 3 is 2.63 bits per heavy atom. The molecule has 0 saturated heterocycles. The maximum Gasteiger partial charge on any atom is 0.269 e. The molecule has 0 aliphatic carbocycles. The highest BCUT2D eigenvalue weighted by Crippen LogP contribution is 2.32. The van der Waals surface area contributed by atoms with Crippen LogP contribution < -0.4 is 14.8 Å². The first-order chi connectivity index (χ1) is 13.2. The molecule has 27 heavy (non-hydrogen) atoms. The molecule has 0 aliphatic rings. The predicted octanol–water partition coefficient (Wildman–Crippen LogP) is 3.46. The number of H-pyrrole nitrogens is 1. The molecule has 1 aromatic heterocycles. The molecule has 6 heteroatoms. The summed E-state index contributed by atoms with van der Waals surface area (Å²) in [5, 5.41) is 9.95. The molecular weight excluding hydrogens is 342 g/mol. The van der Waals surface area contributed by atoms with Gasteiger partial charge in [-0.2, -0.15) is 5.10 Å². The number of aromatic amines is 1. The maximum atomic E-state index is 12.3. The second-order valence-corrected chi connectivity index (χ2v) is 6.08. The fraction of sp³-hybridized carbons (Fsp3) is 0.238. The van der Waals surface area contributed by atoms with Gasteiger partial charge in [-0.05, 0) is 36.6 Å². The summed E-state index contributed by atoms with van der Waals surface area (Å²) in [5.74, 6) is 1.16. The lowest BCUT2D eigenvalue weighted by molar-refractivity contribution is 0.0948. The normalized spacial score (nSPS) is 10.4. The number of ether oxygens (including phenoxy) is 2. The quantitative estimate of drug-likeness (QED) is 0.600. The Morgan fingerprint density at radius 2 is 1.89 bits per heavy atom. The molecular formula is C21H23N3O3. The number of amides is 1. The number of aryl methyl sites for hydroxylation is 1. The molecule has 0 saturated carbocycles. The Labute approximate surface area is 158 Å². The summed E-state index contributed by atoms with van der Waals surface area (Å²) in [4.78, 5) is 12.3. The fourth-order valence-corrected chi connectivity index (χ4v) is 2.82. The van der Waals surface area contributed by atoms with E-state index in [9.17, 15) is 4.79 Å². The minimum atomic E-state index is -0.172. The van der Waals surface area contributed by atoms with Crippen LogP contribution in [0.5, 0.6) is 11.5 Å². The van der Waals surface area contributed by atoms with Gasteiger partial charge in [-0.25, -0.2) is 0 Å². The van der Waals surface area contributed by atoms with Gasteiger partial charge in [-0.3, -0.25) is 9.89 Å². The van der Waals surface area contributed by atoms with Crippen molar-refractivity contribution in [2.75, 3.05) is 20.8 Å². The fourth-order valence-electron chi connectivity index (χ4n) is 2.82. The van der Waals surface area contributed by atoms with E-state index in [4.69, 9.17) is 9.47 Å². The van der Waals surface area contributed by atoms with Crippen LogP contribution in [0.25, 0.3) is 11.3 Å². The Hall–Kier alpha value is -3.28. The highest BCUT2D eigenvalue weighted by atomic mass is 16.5. The molecule has 3 aromatic rings. The van der Waals surface area contributed by atoms with E-state index in [1.807, 2.05) is 30.3 Å². The van der Waals surface area contributed by atoms with Crippen molar-refractivity contribution in [1.29, 1.82) is 0 Å². The number of methoxy groups -OCH3 is 2. The third-order valence-corrected chi connectivity index (χ3v) is 4.28. The van der Waals surface area contributed by atoms with Crippen molar-refractivity contribution < 1.29 is 14.3 Å². The zero-order valence-corrected chi connectivity index (χ0v) is 15.5. The lowest BCUT2D eigenvalue weighted by atomic mass is 10.1. The number of rotatable bonds is 8. The van der Waals surface area contributed by atoms with E-state index in [0.717, 1.165) is 18.4 Å². The van der Waals surface area contributed by atoms with Crippen LogP contribution in [0.2, 0.25) is 0 Å². The minimum Gasteiger partial charge on any atom is -0.497 e. The summed E-state index contributed by atoms with van der Waals surface area (Å²) in [6, 6.07) is 17.4. The van der Waals surface area contributed by atoms with Crippen molar-refractivity contribution >= 4 is 5.91 Å². The van der Waals surface area contributed by atoms with Gasteiger partial charge in [0, 0.05) is 18.2 Å². The van der Waals surface area contributed by atoms with Crippen molar-refractivity contribution in [3.63, 3.8) is 0 Å². The molecule has 2 aromatic carbocycles. The van der Waals surface area contributed by atoms with Gasteiger partial charge >= 0.3 is 0 Å². The van der Waals surface area contributed by atoms with Crippen molar-refractivity contribution in [2.45, 2.75) is 12.8 Å². The standard InChI is InChI=1S/C21H23N3O3/c1-26-16-10-11-17(20(13-16)27-2)18-14-19(24-23-18)21(25)22-12-6-9-15-7-4-3-5-8-15/h3-5,7-8,10-11,13-14H,6,9,12H2,1-2H3,(H,22,25)(H,23,24). The van der Waals surface area contributed by atoms with E-state index in [0.29, 0.717) is 29.4 Å². The molecule has 1 heterocycles. The van der Waals surface area contributed by atoms with Crippen LogP contribution in [0.4, 0.5) is 0 Å². The molecule has 3 rings (SSSR count). The first kappa shape index (κ1) is 18.5. The number of hydrogen-bond donors (Lipinski definition) is 2. The van der Waals surface area contributed by atoms with Gasteiger partial charge in [0.2, 0.25) is 0 Å². The third kappa shape index (κ3) is 4.67. The second kappa shape index (κ2) is 8.89. The van der Waals surface area contributed by atoms with E-state index in [-0.39, 0.29) is 5.91 Å². The minimum absolute atomic E-state index is 0.172. The van der Waals surface area contributed by atoms with Crippen LogP contribution in [0, 0.1) is 0 Å². The second-order valence-electron chi connectivity index (χ2n) is 6.08.